The Labute approximate surface area is 204 Å². The SMILES string of the molecule is COCCN(CC(=O)N(Cc1ccc2c(c1)OCO2)Cc1ccco1)C(=O)C=Cc1ccccc1. The third kappa shape index (κ3) is 6.74. The zero-order valence-corrected chi connectivity index (χ0v) is 19.6. The summed E-state index contributed by atoms with van der Waals surface area (Å²) < 4.78 is 21.5. The van der Waals surface area contributed by atoms with E-state index in [-0.39, 0.29) is 31.7 Å². The van der Waals surface area contributed by atoms with E-state index in [1.165, 1.54) is 11.0 Å². The van der Waals surface area contributed by atoms with Crippen LogP contribution in [0.15, 0.2) is 77.4 Å². The maximum Gasteiger partial charge on any atom is 0.247 e. The van der Waals surface area contributed by atoms with Crippen molar-refractivity contribution in [1.29, 1.82) is 0 Å². The molecular formula is C27H28N2O6. The summed E-state index contributed by atoms with van der Waals surface area (Å²) in [7, 11) is 1.56. The van der Waals surface area contributed by atoms with Crippen molar-refractivity contribution in [1.82, 2.24) is 9.80 Å². The average Bonchev–Trinajstić information content (AvgIpc) is 3.57. The Morgan fingerprint density at radius 3 is 2.57 bits per heavy atom. The fourth-order valence-corrected chi connectivity index (χ4v) is 3.65. The Morgan fingerprint density at radius 2 is 1.80 bits per heavy atom. The van der Waals surface area contributed by atoms with Gasteiger partial charge in [-0.15, -0.1) is 0 Å². The summed E-state index contributed by atoms with van der Waals surface area (Å²) in [6.07, 6.45) is 4.79. The summed E-state index contributed by atoms with van der Waals surface area (Å²) in [4.78, 5) is 29.5. The minimum Gasteiger partial charge on any atom is -0.467 e. The number of fused-ring (bicyclic) bond motifs is 1. The van der Waals surface area contributed by atoms with Crippen LogP contribution in [0.2, 0.25) is 0 Å². The molecule has 4 rings (SSSR count). The first-order valence-electron chi connectivity index (χ1n) is 11.3. The number of nitrogens with zero attached hydrogens (tertiary/aromatic N) is 2. The van der Waals surface area contributed by atoms with E-state index in [9.17, 15) is 9.59 Å². The normalized spacial score (nSPS) is 12.1. The van der Waals surface area contributed by atoms with Crippen LogP contribution in [0.25, 0.3) is 6.08 Å². The average molecular weight is 477 g/mol. The number of hydrogen-bond donors (Lipinski definition) is 0. The Morgan fingerprint density at radius 1 is 0.971 bits per heavy atom. The summed E-state index contributed by atoms with van der Waals surface area (Å²) in [5.74, 6) is 1.50. The molecule has 8 heteroatoms. The molecule has 0 unspecified atom stereocenters. The molecule has 182 valence electrons. The van der Waals surface area contributed by atoms with Gasteiger partial charge in [-0.3, -0.25) is 9.59 Å². The smallest absolute Gasteiger partial charge is 0.247 e. The molecule has 0 spiro atoms. The van der Waals surface area contributed by atoms with Crippen LogP contribution < -0.4 is 9.47 Å². The highest BCUT2D eigenvalue weighted by Crippen LogP contribution is 2.33. The van der Waals surface area contributed by atoms with Gasteiger partial charge in [0.2, 0.25) is 18.6 Å². The molecule has 1 aliphatic heterocycles. The van der Waals surface area contributed by atoms with Gasteiger partial charge in [-0.1, -0.05) is 36.4 Å². The Balaban J connectivity index is 1.49. The molecule has 2 aromatic carbocycles. The van der Waals surface area contributed by atoms with Crippen molar-refractivity contribution < 1.29 is 28.2 Å². The molecule has 1 aliphatic rings. The molecule has 0 saturated heterocycles. The van der Waals surface area contributed by atoms with Crippen molar-refractivity contribution in [3.63, 3.8) is 0 Å². The van der Waals surface area contributed by atoms with E-state index in [0.717, 1.165) is 11.1 Å². The third-order valence-corrected chi connectivity index (χ3v) is 5.51. The summed E-state index contributed by atoms with van der Waals surface area (Å²) in [5, 5.41) is 0. The zero-order chi connectivity index (χ0) is 24.5. The molecule has 0 atom stereocenters. The van der Waals surface area contributed by atoms with Crippen LogP contribution in [0.4, 0.5) is 0 Å². The Kier molecular flexibility index (Phi) is 8.19. The third-order valence-electron chi connectivity index (χ3n) is 5.51. The highest BCUT2D eigenvalue weighted by molar-refractivity contribution is 5.94. The van der Waals surface area contributed by atoms with Gasteiger partial charge in [0.25, 0.3) is 0 Å². The topological polar surface area (TPSA) is 81.5 Å². The summed E-state index contributed by atoms with van der Waals surface area (Å²) >= 11 is 0. The van der Waals surface area contributed by atoms with Crippen LogP contribution in [-0.2, 0) is 27.4 Å². The molecule has 0 aliphatic carbocycles. The molecule has 0 bridgehead atoms. The van der Waals surface area contributed by atoms with Gasteiger partial charge in [0.1, 0.15) is 12.3 Å². The van der Waals surface area contributed by atoms with Crippen molar-refractivity contribution >= 4 is 17.9 Å². The molecule has 0 saturated carbocycles. The molecule has 0 N–H and O–H groups in total. The molecule has 1 aromatic heterocycles. The van der Waals surface area contributed by atoms with Crippen molar-refractivity contribution in [2.45, 2.75) is 13.1 Å². The van der Waals surface area contributed by atoms with Crippen LogP contribution >= 0.6 is 0 Å². The van der Waals surface area contributed by atoms with E-state index < -0.39 is 0 Å². The van der Waals surface area contributed by atoms with Gasteiger partial charge in [0.15, 0.2) is 11.5 Å². The lowest BCUT2D eigenvalue weighted by atomic mass is 10.1. The predicted molar refractivity (Wildman–Crippen MR) is 129 cm³/mol. The first-order chi connectivity index (χ1) is 17.1. The number of benzene rings is 2. The van der Waals surface area contributed by atoms with Crippen molar-refractivity contribution in [2.24, 2.45) is 0 Å². The van der Waals surface area contributed by atoms with Gasteiger partial charge in [0.05, 0.1) is 19.4 Å². The maximum absolute atomic E-state index is 13.4. The van der Waals surface area contributed by atoms with Gasteiger partial charge in [-0.05, 0) is 41.5 Å². The Hall–Kier alpha value is -4.04. The second-order valence-electron chi connectivity index (χ2n) is 8.01. The standard InChI is InChI=1S/C27H28N2O6/c1-32-15-13-28(26(30)12-10-21-6-3-2-4-7-21)19-27(31)29(18-23-8-5-14-33-23)17-22-9-11-24-25(16-22)35-20-34-24/h2-12,14,16H,13,15,17-20H2,1H3. The van der Waals surface area contributed by atoms with Crippen LogP contribution in [0.1, 0.15) is 16.9 Å². The molecule has 0 fully saturated rings. The van der Waals surface area contributed by atoms with Gasteiger partial charge in [-0.2, -0.15) is 0 Å². The molecule has 2 amide bonds. The van der Waals surface area contributed by atoms with Crippen molar-refractivity contribution in [3.8, 4) is 11.5 Å². The molecule has 8 nitrogen and oxygen atoms in total. The second kappa shape index (κ2) is 11.9. The van der Waals surface area contributed by atoms with E-state index in [1.807, 2.05) is 54.6 Å². The van der Waals surface area contributed by atoms with Gasteiger partial charge < -0.3 is 28.4 Å². The van der Waals surface area contributed by atoms with E-state index in [4.69, 9.17) is 18.6 Å². The van der Waals surface area contributed by atoms with E-state index >= 15 is 0 Å². The number of carbonyl (C=O) groups is 2. The molecule has 2 heterocycles. The number of carbonyl (C=O) groups excluding carboxylic acids is 2. The largest absolute Gasteiger partial charge is 0.467 e. The van der Waals surface area contributed by atoms with E-state index in [2.05, 4.69) is 0 Å². The molecular weight excluding hydrogens is 448 g/mol. The number of rotatable bonds is 11. The lowest BCUT2D eigenvalue weighted by Gasteiger charge is -2.27. The molecule has 3 aromatic rings. The number of hydrogen-bond acceptors (Lipinski definition) is 6. The zero-order valence-electron chi connectivity index (χ0n) is 19.6. The van der Waals surface area contributed by atoms with Crippen LogP contribution in [-0.4, -0.2) is 55.2 Å². The highest BCUT2D eigenvalue weighted by Gasteiger charge is 2.22. The van der Waals surface area contributed by atoms with Crippen molar-refractivity contribution in [3.05, 3.63) is 89.9 Å². The fourth-order valence-electron chi connectivity index (χ4n) is 3.65. The minimum absolute atomic E-state index is 0.0907. The predicted octanol–water partition coefficient (Wildman–Crippen LogP) is 3.73. The van der Waals surface area contributed by atoms with E-state index in [1.54, 1.807) is 30.4 Å². The Bertz CT molecular complexity index is 1140. The maximum atomic E-state index is 13.4. The lowest BCUT2D eigenvalue weighted by Crippen LogP contribution is -2.43. The second-order valence-corrected chi connectivity index (χ2v) is 8.01. The number of amides is 2. The van der Waals surface area contributed by atoms with E-state index in [0.29, 0.717) is 37.0 Å². The molecule has 0 radical (unpaired) electrons. The van der Waals surface area contributed by atoms with Crippen LogP contribution in [0.5, 0.6) is 11.5 Å². The molecule has 35 heavy (non-hydrogen) atoms. The summed E-state index contributed by atoms with van der Waals surface area (Å²) in [6.45, 7) is 1.29. The van der Waals surface area contributed by atoms with Crippen LogP contribution in [0.3, 0.4) is 0 Å². The monoisotopic (exact) mass is 476 g/mol. The first-order valence-corrected chi connectivity index (χ1v) is 11.3. The number of furan rings is 1. The number of ether oxygens (including phenoxy) is 3. The minimum atomic E-state index is -0.264. The van der Waals surface area contributed by atoms with Gasteiger partial charge >= 0.3 is 0 Å². The van der Waals surface area contributed by atoms with Gasteiger partial charge in [0, 0.05) is 26.3 Å². The lowest BCUT2D eigenvalue weighted by molar-refractivity contribution is -0.139. The van der Waals surface area contributed by atoms with Gasteiger partial charge in [-0.25, -0.2) is 0 Å². The summed E-state index contributed by atoms with van der Waals surface area (Å²) in [6, 6.07) is 18.7. The summed E-state index contributed by atoms with van der Waals surface area (Å²) in [5.41, 5.74) is 1.79. The first kappa shape index (κ1) is 24.1. The highest BCUT2D eigenvalue weighted by atomic mass is 16.7. The van der Waals surface area contributed by atoms with Crippen molar-refractivity contribution in [2.75, 3.05) is 33.6 Å². The number of methoxy groups -OCH3 is 1. The fraction of sp³-hybridized carbons (Fsp3) is 0.259. The quantitative estimate of drug-likeness (QED) is 0.393. The van der Waals surface area contributed by atoms with Crippen LogP contribution in [0, 0.1) is 0 Å².